The predicted molar refractivity (Wildman–Crippen MR) is 89.6 cm³/mol. The number of rotatable bonds is 5. The lowest BCUT2D eigenvalue weighted by Gasteiger charge is -2.30. The maximum atomic E-state index is 12.3. The molecule has 3 heterocycles. The number of nitrogens with zero attached hydrogens (tertiary/aromatic N) is 4. The summed E-state index contributed by atoms with van der Waals surface area (Å²) in [6.45, 7) is 1.12. The van der Waals surface area contributed by atoms with E-state index in [0.29, 0.717) is 37.0 Å². The van der Waals surface area contributed by atoms with E-state index in [9.17, 15) is 9.59 Å². The molecule has 0 unspecified atom stereocenters. The van der Waals surface area contributed by atoms with E-state index in [2.05, 4.69) is 15.2 Å². The number of likely N-dealkylation sites (tertiary alicyclic amines) is 1. The second-order valence-electron chi connectivity index (χ2n) is 5.58. The molecule has 2 aromatic heterocycles. The van der Waals surface area contributed by atoms with E-state index in [4.69, 9.17) is 9.15 Å². The van der Waals surface area contributed by atoms with Gasteiger partial charge in [-0.05, 0) is 25.0 Å². The van der Waals surface area contributed by atoms with Crippen LogP contribution in [-0.2, 0) is 14.3 Å². The van der Waals surface area contributed by atoms with Gasteiger partial charge in [0.2, 0.25) is 11.8 Å². The third-order valence-electron chi connectivity index (χ3n) is 4.02. The molecular formula is C16H18N4O4S. The van der Waals surface area contributed by atoms with Gasteiger partial charge in [0.15, 0.2) is 0 Å². The van der Waals surface area contributed by atoms with Gasteiger partial charge in [-0.1, -0.05) is 11.8 Å². The zero-order chi connectivity index (χ0) is 17.6. The van der Waals surface area contributed by atoms with Crippen LogP contribution in [0.5, 0.6) is 0 Å². The zero-order valence-corrected chi connectivity index (χ0v) is 14.6. The molecule has 132 valence electrons. The van der Waals surface area contributed by atoms with Crippen molar-refractivity contribution >= 4 is 23.6 Å². The van der Waals surface area contributed by atoms with Crippen LogP contribution in [0.2, 0.25) is 0 Å². The molecule has 0 atom stereocenters. The molecule has 25 heavy (non-hydrogen) atoms. The van der Waals surface area contributed by atoms with Gasteiger partial charge in [-0.15, -0.1) is 10.2 Å². The first-order chi connectivity index (χ1) is 12.2. The third kappa shape index (κ3) is 4.36. The van der Waals surface area contributed by atoms with Gasteiger partial charge in [0.25, 0.3) is 5.22 Å². The van der Waals surface area contributed by atoms with E-state index in [1.54, 1.807) is 23.4 Å². The topological polar surface area (TPSA) is 98.4 Å². The molecule has 0 spiro atoms. The highest BCUT2D eigenvalue weighted by molar-refractivity contribution is 7.99. The smallest absolute Gasteiger partial charge is 0.308 e. The molecule has 9 heteroatoms. The Labute approximate surface area is 149 Å². The molecule has 0 bridgehead atoms. The van der Waals surface area contributed by atoms with Gasteiger partial charge < -0.3 is 14.1 Å². The number of hydrogen-bond acceptors (Lipinski definition) is 8. The summed E-state index contributed by atoms with van der Waals surface area (Å²) in [6.07, 6.45) is 4.57. The van der Waals surface area contributed by atoms with E-state index < -0.39 is 0 Å². The number of thioether (sulfide) groups is 1. The number of hydrogen-bond donors (Lipinski definition) is 0. The van der Waals surface area contributed by atoms with Gasteiger partial charge >= 0.3 is 5.97 Å². The van der Waals surface area contributed by atoms with Crippen LogP contribution in [0.15, 0.2) is 34.2 Å². The molecule has 0 N–H and O–H groups in total. The number of piperidine rings is 1. The molecular weight excluding hydrogens is 344 g/mol. The molecule has 1 aliphatic rings. The van der Waals surface area contributed by atoms with Crippen LogP contribution in [0.3, 0.4) is 0 Å². The Bertz CT molecular complexity index is 729. The lowest BCUT2D eigenvalue weighted by atomic mass is 9.97. The number of esters is 1. The number of carbonyl (C=O) groups is 2. The van der Waals surface area contributed by atoms with Crippen LogP contribution in [0, 0.1) is 5.92 Å². The lowest BCUT2D eigenvalue weighted by molar-refractivity contribution is -0.148. The van der Waals surface area contributed by atoms with Gasteiger partial charge in [0.05, 0.1) is 24.3 Å². The van der Waals surface area contributed by atoms with Crippen molar-refractivity contribution in [1.29, 1.82) is 0 Å². The summed E-state index contributed by atoms with van der Waals surface area (Å²) in [4.78, 5) is 29.6. The lowest BCUT2D eigenvalue weighted by Crippen LogP contribution is -2.41. The molecule has 8 nitrogen and oxygen atoms in total. The monoisotopic (exact) mass is 362 g/mol. The first-order valence-electron chi connectivity index (χ1n) is 7.89. The van der Waals surface area contributed by atoms with E-state index >= 15 is 0 Å². The number of aromatic nitrogens is 3. The van der Waals surface area contributed by atoms with Crippen molar-refractivity contribution in [3.63, 3.8) is 0 Å². The van der Waals surface area contributed by atoms with Crippen molar-refractivity contribution in [3.8, 4) is 11.5 Å². The summed E-state index contributed by atoms with van der Waals surface area (Å²) >= 11 is 1.21. The number of methoxy groups -OCH3 is 1. The number of pyridine rings is 1. The highest BCUT2D eigenvalue weighted by atomic mass is 32.2. The van der Waals surface area contributed by atoms with Crippen molar-refractivity contribution in [2.24, 2.45) is 5.92 Å². The average Bonchev–Trinajstić information content (AvgIpc) is 3.15. The van der Waals surface area contributed by atoms with Crippen LogP contribution in [0.1, 0.15) is 12.8 Å². The maximum Gasteiger partial charge on any atom is 0.308 e. The normalized spacial score (nSPS) is 15.2. The molecule has 0 saturated carbocycles. The van der Waals surface area contributed by atoms with Gasteiger partial charge in [0, 0.05) is 25.5 Å². The molecule has 0 aliphatic carbocycles. The van der Waals surface area contributed by atoms with Crippen LogP contribution < -0.4 is 0 Å². The standard InChI is InChI=1S/C16H18N4O4S/c1-23-15(22)11-4-7-20(8-5-11)13(21)10-25-16-19-18-14(24-16)12-3-2-6-17-9-12/h2-3,6,9,11H,4-5,7-8,10H2,1H3. The minimum absolute atomic E-state index is 0.00514. The summed E-state index contributed by atoms with van der Waals surface area (Å²) in [7, 11) is 1.39. The molecule has 2 aromatic rings. The Morgan fingerprint density at radius 1 is 1.36 bits per heavy atom. The summed E-state index contributed by atoms with van der Waals surface area (Å²) in [5.74, 6) is 0.281. The summed E-state index contributed by atoms with van der Waals surface area (Å²) in [5.41, 5.74) is 0.734. The summed E-state index contributed by atoms with van der Waals surface area (Å²) in [6, 6.07) is 3.61. The first kappa shape index (κ1) is 17.4. The predicted octanol–water partition coefficient (Wildman–Crippen LogP) is 1.64. The fourth-order valence-corrected chi connectivity index (χ4v) is 3.29. The molecule has 1 amide bonds. The zero-order valence-electron chi connectivity index (χ0n) is 13.8. The SMILES string of the molecule is COC(=O)C1CCN(C(=O)CSc2nnc(-c3cccnc3)o2)CC1. The third-order valence-corrected chi connectivity index (χ3v) is 4.82. The average molecular weight is 362 g/mol. The van der Waals surface area contributed by atoms with Crippen LogP contribution in [0.4, 0.5) is 0 Å². The Morgan fingerprint density at radius 2 is 2.16 bits per heavy atom. The van der Waals surface area contributed by atoms with E-state index in [0.717, 1.165) is 5.56 Å². The molecule has 3 rings (SSSR count). The van der Waals surface area contributed by atoms with Crippen molar-refractivity contribution in [2.75, 3.05) is 26.0 Å². The minimum atomic E-state index is -0.199. The quantitative estimate of drug-likeness (QED) is 0.585. The molecule has 1 aliphatic heterocycles. The first-order valence-corrected chi connectivity index (χ1v) is 8.88. The highest BCUT2D eigenvalue weighted by Crippen LogP contribution is 2.24. The Balaban J connectivity index is 1.49. The summed E-state index contributed by atoms with van der Waals surface area (Å²) < 4.78 is 10.3. The molecule has 0 radical (unpaired) electrons. The molecule has 1 fully saturated rings. The number of amides is 1. The van der Waals surface area contributed by atoms with Gasteiger partial charge in [-0.2, -0.15) is 0 Å². The van der Waals surface area contributed by atoms with Crippen molar-refractivity contribution in [1.82, 2.24) is 20.1 Å². The highest BCUT2D eigenvalue weighted by Gasteiger charge is 2.28. The molecule has 1 saturated heterocycles. The Morgan fingerprint density at radius 3 is 2.84 bits per heavy atom. The maximum absolute atomic E-state index is 12.3. The minimum Gasteiger partial charge on any atom is -0.469 e. The Kier molecular flexibility index (Phi) is 5.64. The van der Waals surface area contributed by atoms with E-state index in [1.165, 1.54) is 18.9 Å². The Hall–Kier alpha value is -2.42. The molecule has 0 aromatic carbocycles. The second-order valence-corrected chi connectivity index (χ2v) is 6.51. The van der Waals surface area contributed by atoms with Crippen molar-refractivity contribution in [3.05, 3.63) is 24.5 Å². The fourth-order valence-electron chi connectivity index (χ4n) is 2.62. The summed E-state index contributed by atoms with van der Waals surface area (Å²) in [5, 5.41) is 8.25. The van der Waals surface area contributed by atoms with Gasteiger partial charge in [0.1, 0.15) is 0 Å². The number of ether oxygens (including phenoxy) is 1. The van der Waals surface area contributed by atoms with E-state index in [-0.39, 0.29) is 23.5 Å². The van der Waals surface area contributed by atoms with Crippen LogP contribution >= 0.6 is 11.8 Å². The van der Waals surface area contributed by atoms with Crippen LogP contribution in [-0.4, -0.2) is 57.9 Å². The fraction of sp³-hybridized carbons (Fsp3) is 0.438. The number of carbonyl (C=O) groups excluding carboxylic acids is 2. The van der Waals surface area contributed by atoms with Crippen LogP contribution in [0.25, 0.3) is 11.5 Å². The van der Waals surface area contributed by atoms with Crippen molar-refractivity contribution in [2.45, 2.75) is 18.1 Å². The van der Waals surface area contributed by atoms with E-state index in [1.807, 2.05) is 6.07 Å². The second kappa shape index (κ2) is 8.11. The largest absolute Gasteiger partial charge is 0.469 e. The van der Waals surface area contributed by atoms with Crippen molar-refractivity contribution < 1.29 is 18.7 Å². The van der Waals surface area contributed by atoms with Gasteiger partial charge in [-0.3, -0.25) is 14.6 Å². The van der Waals surface area contributed by atoms with Gasteiger partial charge in [-0.25, -0.2) is 0 Å².